The molecule has 0 amide bonds. The van der Waals surface area contributed by atoms with Gasteiger partial charge in [0.1, 0.15) is 0 Å². The van der Waals surface area contributed by atoms with Crippen molar-refractivity contribution in [3.05, 3.63) is 33.4 Å². The first-order valence-electron chi connectivity index (χ1n) is 3.34. The summed E-state index contributed by atoms with van der Waals surface area (Å²) in [5, 5.41) is 0. The molecular weight excluding hydrogens is 323 g/mol. The van der Waals surface area contributed by atoms with Gasteiger partial charge in [0.15, 0.2) is 0 Å². The van der Waals surface area contributed by atoms with E-state index in [2.05, 4.69) is 22.6 Å². The lowest BCUT2D eigenvalue weighted by Gasteiger charge is -2.00. The summed E-state index contributed by atoms with van der Waals surface area (Å²) in [7, 11) is -3.40. The van der Waals surface area contributed by atoms with E-state index in [-0.39, 0.29) is 5.75 Å². The summed E-state index contributed by atoms with van der Waals surface area (Å²) < 4.78 is 30.4. The van der Waals surface area contributed by atoms with Gasteiger partial charge in [-0.05, 0) is 34.2 Å². The molecule has 1 aromatic rings. The van der Waals surface area contributed by atoms with Gasteiger partial charge in [0.2, 0.25) is 0 Å². The van der Waals surface area contributed by atoms with Crippen LogP contribution in [-0.4, -0.2) is 13.0 Å². The van der Waals surface area contributed by atoms with E-state index in [0.29, 0.717) is 10.8 Å². The largest absolute Gasteiger partial charge is 0.320 e. The molecule has 0 saturated heterocycles. The Hall–Kier alpha value is 0.210. The monoisotopic (exact) mass is 330 g/mol. The van der Waals surface area contributed by atoms with E-state index in [0.717, 1.165) is 9.13 Å². The maximum Gasteiger partial charge on any atom is 0.320 e. The van der Waals surface area contributed by atoms with Gasteiger partial charge >= 0.3 is 9.15 Å². The second kappa shape index (κ2) is 4.63. The summed E-state index contributed by atoms with van der Waals surface area (Å²) in [4.78, 5) is 0. The molecule has 0 unspecified atom stereocenters. The minimum Gasteiger partial charge on any atom is -0.277 e. The van der Waals surface area contributed by atoms with Crippen LogP contribution in [0.1, 0.15) is 5.56 Å². The summed E-state index contributed by atoms with van der Waals surface area (Å²) in [6.07, 6.45) is 0. The fourth-order valence-corrected chi connectivity index (χ4v) is 2.95. The predicted octanol–water partition coefficient (Wildman–Crippen LogP) is 2.33. The van der Waals surface area contributed by atoms with Crippen molar-refractivity contribution in [3.63, 3.8) is 0 Å². The molecule has 6 heteroatoms. The number of benzene rings is 1. The van der Waals surface area contributed by atoms with E-state index in [1.54, 1.807) is 0 Å². The fourth-order valence-electron chi connectivity index (χ4n) is 0.753. The molecule has 0 aliphatic carbocycles. The van der Waals surface area contributed by atoms with Gasteiger partial charge in [-0.25, -0.2) is 0 Å². The first kappa shape index (κ1) is 11.3. The van der Waals surface area contributed by atoms with Gasteiger partial charge in [0.05, 0.1) is 0 Å². The van der Waals surface area contributed by atoms with Gasteiger partial charge in [0.25, 0.3) is 0 Å². The Morgan fingerprint density at radius 1 is 1.38 bits per heavy atom. The predicted molar refractivity (Wildman–Crippen MR) is 62.0 cm³/mol. The number of hydrogen-bond donors (Lipinski definition) is 1. The van der Waals surface area contributed by atoms with E-state index in [9.17, 15) is 8.42 Å². The van der Waals surface area contributed by atoms with Gasteiger partial charge in [-0.3, -0.25) is 4.55 Å². The Bertz CT molecular complexity index is 388. The van der Waals surface area contributed by atoms with Crippen molar-refractivity contribution in [2.75, 3.05) is 0 Å². The molecule has 0 aliphatic rings. The van der Waals surface area contributed by atoms with E-state index in [1.807, 2.05) is 24.3 Å². The molecule has 72 valence electrons. The van der Waals surface area contributed by atoms with Crippen LogP contribution in [-0.2, 0) is 14.9 Å². The zero-order valence-electron chi connectivity index (χ0n) is 6.47. The van der Waals surface area contributed by atoms with Gasteiger partial charge in [-0.1, -0.05) is 18.2 Å². The van der Waals surface area contributed by atoms with Gasteiger partial charge in [0, 0.05) is 20.1 Å². The highest BCUT2D eigenvalue weighted by molar-refractivity contribution is 14.1. The van der Waals surface area contributed by atoms with E-state index >= 15 is 0 Å². The summed E-state index contributed by atoms with van der Waals surface area (Å²) in [6.45, 7) is 0. The van der Waals surface area contributed by atoms with E-state index in [1.165, 1.54) is 0 Å². The Morgan fingerprint density at radius 3 is 2.54 bits per heavy atom. The number of rotatable bonds is 3. The molecule has 0 fully saturated rings. The van der Waals surface area contributed by atoms with Crippen molar-refractivity contribution < 1.29 is 13.0 Å². The van der Waals surface area contributed by atoms with Crippen LogP contribution in [0.2, 0.25) is 0 Å². The van der Waals surface area contributed by atoms with Crippen LogP contribution in [0.4, 0.5) is 0 Å². The summed E-state index contributed by atoms with van der Waals surface area (Å²) in [5.41, 5.74) is 0.908. The van der Waals surface area contributed by atoms with Crippen molar-refractivity contribution in [2.24, 2.45) is 0 Å². The van der Waals surface area contributed by atoms with E-state index in [4.69, 9.17) is 4.55 Å². The Balaban J connectivity index is 2.71. The van der Waals surface area contributed by atoms with Crippen LogP contribution in [0, 0.1) is 3.57 Å². The van der Waals surface area contributed by atoms with Crippen LogP contribution >= 0.6 is 33.4 Å². The zero-order chi connectivity index (χ0) is 9.90. The van der Waals surface area contributed by atoms with Gasteiger partial charge < -0.3 is 0 Å². The number of hydrogen-bond acceptors (Lipinski definition) is 3. The van der Waals surface area contributed by atoms with Crippen molar-refractivity contribution in [1.29, 1.82) is 0 Å². The molecule has 0 atom stereocenters. The quantitative estimate of drug-likeness (QED) is 0.525. The van der Waals surface area contributed by atoms with Crippen LogP contribution in [0.15, 0.2) is 24.3 Å². The normalized spacial score (nSPS) is 11.5. The van der Waals surface area contributed by atoms with Crippen molar-refractivity contribution in [2.45, 2.75) is 5.75 Å². The second-order valence-corrected chi connectivity index (χ2v) is 6.79. The molecular formula is C7H7IO3S2. The molecule has 13 heavy (non-hydrogen) atoms. The maximum absolute atomic E-state index is 10.4. The minimum absolute atomic E-state index is 0.276. The van der Waals surface area contributed by atoms with Crippen LogP contribution in [0.25, 0.3) is 0 Å². The lowest BCUT2D eigenvalue weighted by Crippen LogP contribution is -1.92. The third-order valence-corrected chi connectivity index (χ3v) is 4.35. The Kier molecular flexibility index (Phi) is 4.02. The average Bonchev–Trinajstić information content (AvgIpc) is 2.01. The van der Waals surface area contributed by atoms with Gasteiger partial charge in [-0.15, -0.1) is 0 Å². The van der Waals surface area contributed by atoms with Crippen molar-refractivity contribution in [3.8, 4) is 0 Å². The third kappa shape index (κ3) is 4.30. The second-order valence-electron chi connectivity index (χ2n) is 2.28. The molecule has 0 heterocycles. The lowest BCUT2D eigenvalue weighted by molar-refractivity contribution is 0.503. The first-order chi connectivity index (χ1) is 5.99. The zero-order valence-corrected chi connectivity index (χ0v) is 10.3. The molecule has 1 aromatic carbocycles. The molecule has 0 aromatic heterocycles. The average molecular weight is 330 g/mol. The molecule has 0 radical (unpaired) electrons. The van der Waals surface area contributed by atoms with E-state index < -0.39 is 9.15 Å². The molecule has 0 bridgehead atoms. The maximum atomic E-state index is 10.4. The molecule has 3 nitrogen and oxygen atoms in total. The van der Waals surface area contributed by atoms with Crippen LogP contribution < -0.4 is 0 Å². The summed E-state index contributed by atoms with van der Waals surface area (Å²) in [5.74, 6) is 0.276. The van der Waals surface area contributed by atoms with Crippen molar-refractivity contribution >= 4 is 42.5 Å². The Morgan fingerprint density at radius 2 is 2.00 bits per heavy atom. The van der Waals surface area contributed by atoms with Crippen LogP contribution in [0.3, 0.4) is 0 Å². The fraction of sp³-hybridized carbons (Fsp3) is 0.143. The molecule has 0 aliphatic heterocycles. The molecule has 0 saturated carbocycles. The highest BCUT2D eigenvalue weighted by Gasteiger charge is 2.07. The third-order valence-electron chi connectivity index (χ3n) is 1.32. The summed E-state index contributed by atoms with van der Waals surface area (Å²) in [6, 6.07) is 7.44. The topological polar surface area (TPSA) is 54.4 Å². The SMILES string of the molecule is O=S(=O)(O)SCc1ccccc1I. The number of halogens is 1. The van der Waals surface area contributed by atoms with Crippen molar-refractivity contribution in [1.82, 2.24) is 0 Å². The lowest BCUT2D eigenvalue weighted by atomic mass is 10.2. The highest BCUT2D eigenvalue weighted by Crippen LogP contribution is 2.21. The van der Waals surface area contributed by atoms with Crippen LogP contribution in [0.5, 0.6) is 0 Å². The smallest absolute Gasteiger partial charge is 0.277 e. The minimum atomic E-state index is -3.93. The van der Waals surface area contributed by atoms with Gasteiger partial charge in [-0.2, -0.15) is 8.42 Å². The molecule has 1 rings (SSSR count). The summed E-state index contributed by atoms with van der Waals surface area (Å²) >= 11 is 2.12. The standard InChI is InChI=1S/C7H7IO3S2/c8-7-4-2-1-3-6(7)5-12-13(9,10)11/h1-4H,5H2,(H,9,10,11). The molecule has 1 N–H and O–H groups in total. The molecule has 0 spiro atoms. The highest BCUT2D eigenvalue weighted by atomic mass is 127. The Labute approximate surface area is 94.2 Å². The first-order valence-corrected chi connectivity index (χ1v) is 7.36.